The monoisotopic (exact) mass is 712 g/mol. The van der Waals surface area contributed by atoms with Crippen molar-refractivity contribution < 1.29 is 46.9 Å². The molecule has 16 heteroatoms. The number of sulfonamides is 1. The molecule has 0 aromatic heterocycles. The number of aliphatic hydroxyl groups excluding tert-OH is 1. The predicted molar refractivity (Wildman–Crippen MR) is 180 cm³/mol. The van der Waals surface area contributed by atoms with E-state index in [-0.39, 0.29) is 18.2 Å². The number of halogens is 1. The van der Waals surface area contributed by atoms with Crippen LogP contribution >= 0.6 is 11.8 Å². The van der Waals surface area contributed by atoms with Crippen molar-refractivity contribution in [2.24, 2.45) is 0 Å². The second kappa shape index (κ2) is 16.9. The molecule has 1 saturated heterocycles. The highest BCUT2D eigenvalue weighted by Gasteiger charge is 2.49. The van der Waals surface area contributed by atoms with Crippen molar-refractivity contribution in [2.45, 2.75) is 17.4 Å². The van der Waals surface area contributed by atoms with Crippen molar-refractivity contribution in [1.82, 2.24) is 15.4 Å². The topological polar surface area (TPSA) is 191 Å². The molecule has 4 rings (SSSR count). The quantitative estimate of drug-likeness (QED) is 0.114. The number of β-lactam (4-membered cyclic amide) rings is 1. The van der Waals surface area contributed by atoms with Gasteiger partial charge in [0.15, 0.2) is 6.61 Å². The summed E-state index contributed by atoms with van der Waals surface area (Å²) in [7, 11) is -3.37. The Morgan fingerprint density at radius 2 is 1.63 bits per heavy atom. The third-order valence-corrected chi connectivity index (χ3v) is 9.01. The molecule has 1 aliphatic rings. The standard InChI is InChI=1S/C33H33FN4O9S2/c1-49(45,46)37-16-2-3-21-4-12-25(13-5-21)38-31(32(33(38)44)48-20-27(39)22-6-10-24(34)11-7-22)23-8-14-26(15-9-23)47-19-29(41)35-17-28(40)36-18-30(42)43/h4-15,27,31-32,37,39H,16-20H2,1H3,(H,35,41)(H,36,40)(H,42,43)/t27-,31+,32+/m0/s1. The molecular formula is C33H33FN4O9S2. The highest BCUT2D eigenvalue weighted by atomic mass is 32.2. The van der Waals surface area contributed by atoms with Gasteiger partial charge in [0.05, 0.1) is 31.5 Å². The van der Waals surface area contributed by atoms with Gasteiger partial charge in [-0.25, -0.2) is 17.5 Å². The van der Waals surface area contributed by atoms with Gasteiger partial charge in [-0.15, -0.1) is 11.8 Å². The van der Waals surface area contributed by atoms with E-state index >= 15 is 0 Å². The minimum absolute atomic E-state index is 0.0495. The smallest absolute Gasteiger partial charge is 0.322 e. The van der Waals surface area contributed by atoms with Crippen LogP contribution in [0.4, 0.5) is 10.1 Å². The van der Waals surface area contributed by atoms with E-state index < -0.39 is 70.7 Å². The second-order valence-corrected chi connectivity index (χ2v) is 13.7. The molecule has 1 heterocycles. The van der Waals surface area contributed by atoms with E-state index in [1.54, 1.807) is 53.4 Å². The van der Waals surface area contributed by atoms with Crippen molar-refractivity contribution in [3.05, 3.63) is 95.3 Å². The lowest BCUT2D eigenvalue weighted by Crippen LogP contribution is -2.57. The zero-order valence-corrected chi connectivity index (χ0v) is 27.7. The number of carbonyl (C=O) groups excluding carboxylic acids is 3. The van der Waals surface area contributed by atoms with Crippen LogP contribution in [0.1, 0.15) is 28.8 Å². The molecule has 0 unspecified atom stereocenters. The third kappa shape index (κ3) is 11.0. The fraction of sp³-hybridized carbons (Fsp3) is 0.273. The molecule has 1 aliphatic heterocycles. The molecule has 3 aromatic rings. The van der Waals surface area contributed by atoms with Crippen molar-refractivity contribution >= 4 is 51.2 Å². The van der Waals surface area contributed by atoms with Crippen LogP contribution in [0.2, 0.25) is 0 Å². The Bertz CT molecular complexity index is 1830. The average Bonchev–Trinajstić information content (AvgIpc) is 3.07. The van der Waals surface area contributed by atoms with Crippen LogP contribution < -0.4 is 25.0 Å². The van der Waals surface area contributed by atoms with Gasteiger partial charge in [0.1, 0.15) is 23.4 Å². The van der Waals surface area contributed by atoms with E-state index in [1.165, 1.54) is 36.0 Å². The summed E-state index contributed by atoms with van der Waals surface area (Å²) in [5, 5.41) is 23.2. The van der Waals surface area contributed by atoms with Gasteiger partial charge in [-0.3, -0.25) is 19.2 Å². The van der Waals surface area contributed by atoms with Crippen molar-refractivity contribution in [1.29, 1.82) is 0 Å². The van der Waals surface area contributed by atoms with Crippen LogP contribution in [0.15, 0.2) is 72.8 Å². The Morgan fingerprint density at radius 1 is 0.980 bits per heavy atom. The molecule has 5 N–H and O–H groups in total. The number of hydrogen-bond acceptors (Lipinski definition) is 9. The lowest BCUT2D eigenvalue weighted by Gasteiger charge is -2.47. The number of nitrogens with zero attached hydrogens (tertiary/aromatic N) is 1. The average molecular weight is 713 g/mol. The number of anilines is 1. The molecule has 258 valence electrons. The molecule has 3 aromatic carbocycles. The summed E-state index contributed by atoms with van der Waals surface area (Å²) >= 11 is 1.27. The number of ether oxygens (including phenoxy) is 1. The van der Waals surface area contributed by atoms with E-state index in [9.17, 15) is 37.1 Å². The zero-order chi connectivity index (χ0) is 35.6. The number of nitrogens with one attached hydrogen (secondary N) is 3. The molecule has 13 nitrogen and oxygen atoms in total. The first-order valence-corrected chi connectivity index (χ1v) is 17.6. The zero-order valence-electron chi connectivity index (χ0n) is 26.1. The normalized spacial score (nSPS) is 16.1. The number of carboxylic acids is 1. The Kier molecular flexibility index (Phi) is 12.7. The third-order valence-electron chi connectivity index (χ3n) is 7.01. The molecule has 0 radical (unpaired) electrons. The first kappa shape index (κ1) is 36.9. The van der Waals surface area contributed by atoms with Gasteiger partial charge in [0.25, 0.3) is 5.91 Å². The second-order valence-electron chi connectivity index (χ2n) is 10.7. The minimum atomic E-state index is -3.37. The first-order chi connectivity index (χ1) is 23.3. The van der Waals surface area contributed by atoms with Crippen molar-refractivity contribution in [3.8, 4) is 17.6 Å². The van der Waals surface area contributed by atoms with E-state index in [2.05, 4.69) is 27.2 Å². The van der Waals surface area contributed by atoms with E-state index in [0.29, 0.717) is 22.6 Å². The summed E-state index contributed by atoms with van der Waals surface area (Å²) in [6.45, 7) is -1.43. The number of carbonyl (C=O) groups is 4. The number of amides is 3. The molecule has 3 atom stereocenters. The number of benzene rings is 3. The number of hydrogen-bond donors (Lipinski definition) is 5. The molecule has 3 amide bonds. The maximum atomic E-state index is 13.5. The van der Waals surface area contributed by atoms with Gasteiger partial charge >= 0.3 is 5.97 Å². The van der Waals surface area contributed by atoms with Crippen molar-refractivity contribution in [2.75, 3.05) is 43.1 Å². The molecule has 0 bridgehead atoms. The van der Waals surface area contributed by atoms with E-state index in [1.807, 2.05) is 0 Å². The van der Waals surface area contributed by atoms with Crippen molar-refractivity contribution in [3.63, 3.8) is 0 Å². The summed E-state index contributed by atoms with van der Waals surface area (Å²) < 4.78 is 43.7. The van der Waals surface area contributed by atoms with Gasteiger partial charge in [-0.1, -0.05) is 36.1 Å². The van der Waals surface area contributed by atoms with Crippen LogP contribution in [0.25, 0.3) is 0 Å². The summed E-state index contributed by atoms with van der Waals surface area (Å²) in [6.07, 6.45) is 0.103. The van der Waals surface area contributed by atoms with Crippen LogP contribution in [-0.4, -0.2) is 85.8 Å². The highest BCUT2D eigenvalue weighted by Crippen LogP contribution is 2.46. The maximum Gasteiger partial charge on any atom is 0.322 e. The number of rotatable bonds is 15. The summed E-state index contributed by atoms with van der Waals surface area (Å²) in [5.41, 5.74) is 2.47. The molecule has 0 aliphatic carbocycles. The fourth-order valence-corrected chi connectivity index (χ4v) is 6.24. The number of thioether (sulfide) groups is 1. The molecule has 49 heavy (non-hydrogen) atoms. The minimum Gasteiger partial charge on any atom is -0.484 e. The predicted octanol–water partition coefficient (Wildman–Crippen LogP) is 1.35. The summed E-state index contributed by atoms with van der Waals surface area (Å²) in [5.74, 6) is 3.02. The molecule has 0 spiro atoms. The maximum absolute atomic E-state index is 13.5. The Balaban J connectivity index is 1.44. The number of aliphatic hydroxyl groups is 1. The molecule has 0 saturated carbocycles. The number of aliphatic carboxylic acids is 1. The lowest BCUT2D eigenvalue weighted by atomic mass is 9.92. The van der Waals surface area contributed by atoms with Crippen LogP contribution in [0.5, 0.6) is 5.75 Å². The first-order valence-electron chi connectivity index (χ1n) is 14.7. The van der Waals surface area contributed by atoms with Gasteiger partial charge < -0.3 is 30.5 Å². The Morgan fingerprint density at radius 3 is 2.27 bits per heavy atom. The Labute approximate surface area is 286 Å². The Hall–Kier alpha value is -4.95. The SMILES string of the molecule is CS(=O)(=O)NCC#Cc1ccc(N2C(=O)[C@H](SC[C@H](O)c3ccc(F)cc3)[C@H]2c2ccc(OCC(=O)NCC(=O)NCC(=O)O)cc2)cc1. The van der Waals surface area contributed by atoms with Crippen LogP contribution in [-0.2, 0) is 29.2 Å². The lowest BCUT2D eigenvalue weighted by molar-refractivity contribution is -0.137. The van der Waals surface area contributed by atoms with Crippen LogP contribution in [0.3, 0.4) is 0 Å². The largest absolute Gasteiger partial charge is 0.484 e. The van der Waals surface area contributed by atoms with Gasteiger partial charge in [0.2, 0.25) is 21.8 Å². The molecule has 1 fully saturated rings. The van der Waals surface area contributed by atoms with Crippen LogP contribution in [0, 0.1) is 17.7 Å². The van der Waals surface area contributed by atoms with Gasteiger partial charge in [-0.2, -0.15) is 0 Å². The van der Waals surface area contributed by atoms with Gasteiger partial charge in [0, 0.05) is 17.0 Å². The van der Waals surface area contributed by atoms with E-state index in [0.717, 1.165) is 11.8 Å². The fourth-order valence-electron chi connectivity index (χ4n) is 4.61. The summed E-state index contributed by atoms with van der Waals surface area (Å²) in [6, 6.07) is 18.7. The van der Waals surface area contributed by atoms with E-state index in [4.69, 9.17) is 9.84 Å². The number of carboxylic acid groups (broad SMARTS) is 1. The van der Waals surface area contributed by atoms with Gasteiger partial charge in [-0.05, 0) is 59.7 Å². The highest BCUT2D eigenvalue weighted by molar-refractivity contribution is 8.00. The molecular weight excluding hydrogens is 680 g/mol. The summed E-state index contributed by atoms with van der Waals surface area (Å²) in [4.78, 5) is 49.3.